The quantitative estimate of drug-likeness (QED) is 0.538. The van der Waals surface area contributed by atoms with Crippen LogP contribution in [0.25, 0.3) is 10.9 Å². The van der Waals surface area contributed by atoms with Gasteiger partial charge in [0.2, 0.25) is 5.95 Å². The Balaban J connectivity index is 2.05. The van der Waals surface area contributed by atoms with Gasteiger partial charge in [0, 0.05) is 36.3 Å². The zero-order valence-corrected chi connectivity index (χ0v) is 14.1. The summed E-state index contributed by atoms with van der Waals surface area (Å²) in [6.07, 6.45) is 0. The number of nitro benzene ring substituents is 1. The lowest BCUT2D eigenvalue weighted by Crippen LogP contribution is -2.23. The number of fused-ring (bicyclic) bond motifs is 1. The second kappa shape index (κ2) is 7.12. The Hall–Kier alpha value is -3.22. The van der Waals surface area contributed by atoms with Gasteiger partial charge in [0.25, 0.3) is 5.69 Å². The third-order valence-electron chi connectivity index (χ3n) is 3.96. The highest BCUT2D eigenvalue weighted by atomic mass is 16.6. The van der Waals surface area contributed by atoms with Crippen LogP contribution in [0.3, 0.4) is 0 Å². The molecule has 3 aromatic rings. The number of rotatable bonds is 6. The monoisotopic (exact) mass is 337 g/mol. The molecule has 1 N–H and O–H groups in total. The van der Waals surface area contributed by atoms with Crippen molar-refractivity contribution < 1.29 is 4.92 Å². The van der Waals surface area contributed by atoms with Gasteiger partial charge in [0.1, 0.15) is 5.82 Å². The first kappa shape index (κ1) is 16.6. The van der Waals surface area contributed by atoms with E-state index in [9.17, 15) is 10.1 Å². The molecule has 0 radical (unpaired) electrons. The largest absolute Gasteiger partial charge is 0.356 e. The number of anilines is 3. The van der Waals surface area contributed by atoms with Crippen LogP contribution >= 0.6 is 0 Å². The number of nitro groups is 1. The van der Waals surface area contributed by atoms with Crippen molar-refractivity contribution in [2.75, 3.05) is 23.3 Å². The van der Waals surface area contributed by atoms with Gasteiger partial charge in [-0.25, -0.2) is 4.98 Å². The van der Waals surface area contributed by atoms with Gasteiger partial charge in [-0.3, -0.25) is 10.1 Å². The maximum absolute atomic E-state index is 10.9. The molecule has 128 valence electrons. The van der Waals surface area contributed by atoms with E-state index < -0.39 is 4.92 Å². The Morgan fingerprint density at radius 1 is 1.08 bits per heavy atom. The number of aromatic nitrogens is 2. The zero-order chi connectivity index (χ0) is 17.8. The Morgan fingerprint density at radius 2 is 1.84 bits per heavy atom. The smallest absolute Gasteiger partial charge is 0.271 e. The fourth-order valence-corrected chi connectivity index (χ4v) is 2.71. The molecule has 7 nitrogen and oxygen atoms in total. The maximum Gasteiger partial charge on any atom is 0.271 e. The highest BCUT2D eigenvalue weighted by Crippen LogP contribution is 2.27. The summed E-state index contributed by atoms with van der Waals surface area (Å²) in [5.41, 5.74) is 1.43. The van der Waals surface area contributed by atoms with Crippen molar-refractivity contribution in [3.05, 3.63) is 58.6 Å². The van der Waals surface area contributed by atoms with Gasteiger partial charge >= 0.3 is 0 Å². The SMILES string of the molecule is CCN(CC)c1nc(Nc2cccc([N+](=O)[O-])c2)nc2ccccc12. The van der Waals surface area contributed by atoms with Crippen molar-refractivity contribution in [2.24, 2.45) is 0 Å². The van der Waals surface area contributed by atoms with E-state index in [4.69, 9.17) is 0 Å². The second-order valence-electron chi connectivity index (χ2n) is 5.49. The van der Waals surface area contributed by atoms with E-state index in [1.54, 1.807) is 12.1 Å². The summed E-state index contributed by atoms with van der Waals surface area (Å²) in [6, 6.07) is 14.1. The van der Waals surface area contributed by atoms with E-state index in [2.05, 4.69) is 34.0 Å². The summed E-state index contributed by atoms with van der Waals surface area (Å²) in [6.45, 7) is 5.81. The molecule has 0 spiro atoms. The van der Waals surface area contributed by atoms with Crippen molar-refractivity contribution >= 4 is 34.0 Å². The van der Waals surface area contributed by atoms with E-state index in [0.29, 0.717) is 11.6 Å². The van der Waals surface area contributed by atoms with Crippen LogP contribution in [0.4, 0.5) is 23.1 Å². The number of non-ortho nitro benzene ring substituents is 1. The van der Waals surface area contributed by atoms with Gasteiger partial charge in [-0.1, -0.05) is 18.2 Å². The van der Waals surface area contributed by atoms with Crippen molar-refractivity contribution in [1.82, 2.24) is 9.97 Å². The molecule has 0 aliphatic carbocycles. The zero-order valence-electron chi connectivity index (χ0n) is 14.1. The molecule has 7 heteroatoms. The number of hydrogen-bond acceptors (Lipinski definition) is 6. The standard InChI is InChI=1S/C18H19N5O2/c1-3-22(4-2)17-15-10-5-6-11-16(15)20-18(21-17)19-13-8-7-9-14(12-13)23(24)25/h5-12H,3-4H2,1-2H3,(H,19,20,21). The van der Waals surface area contributed by atoms with Gasteiger partial charge in [-0.05, 0) is 32.0 Å². The first-order valence-electron chi connectivity index (χ1n) is 8.15. The van der Waals surface area contributed by atoms with E-state index >= 15 is 0 Å². The first-order chi connectivity index (χ1) is 12.1. The molecule has 0 amide bonds. The van der Waals surface area contributed by atoms with Crippen LogP contribution in [-0.4, -0.2) is 28.0 Å². The van der Waals surface area contributed by atoms with Gasteiger partial charge in [0.15, 0.2) is 0 Å². The molecule has 0 saturated heterocycles. The molecule has 0 saturated carbocycles. The highest BCUT2D eigenvalue weighted by molar-refractivity contribution is 5.90. The first-order valence-corrected chi connectivity index (χ1v) is 8.15. The molecule has 25 heavy (non-hydrogen) atoms. The number of hydrogen-bond donors (Lipinski definition) is 1. The molecule has 1 aromatic heterocycles. The minimum atomic E-state index is -0.423. The molecule has 0 atom stereocenters. The molecule has 1 heterocycles. The second-order valence-corrected chi connectivity index (χ2v) is 5.49. The predicted octanol–water partition coefficient (Wildman–Crippen LogP) is 4.13. The maximum atomic E-state index is 10.9. The predicted molar refractivity (Wildman–Crippen MR) is 99.5 cm³/mol. The van der Waals surface area contributed by atoms with Crippen molar-refractivity contribution in [2.45, 2.75) is 13.8 Å². The summed E-state index contributed by atoms with van der Waals surface area (Å²) in [5.74, 6) is 1.27. The lowest BCUT2D eigenvalue weighted by Gasteiger charge is -2.22. The van der Waals surface area contributed by atoms with Crippen LogP contribution < -0.4 is 10.2 Å². The summed E-state index contributed by atoms with van der Waals surface area (Å²) in [7, 11) is 0. The Morgan fingerprint density at radius 3 is 2.56 bits per heavy atom. The van der Waals surface area contributed by atoms with Gasteiger partial charge in [-0.15, -0.1) is 0 Å². The molecular weight excluding hydrogens is 318 g/mol. The Kier molecular flexibility index (Phi) is 4.74. The molecule has 0 bridgehead atoms. The molecule has 3 rings (SSSR count). The summed E-state index contributed by atoms with van der Waals surface area (Å²) < 4.78 is 0. The average Bonchev–Trinajstić information content (AvgIpc) is 2.63. The average molecular weight is 337 g/mol. The van der Waals surface area contributed by atoms with Crippen molar-refractivity contribution in [3.8, 4) is 0 Å². The van der Waals surface area contributed by atoms with Crippen molar-refractivity contribution in [3.63, 3.8) is 0 Å². The van der Waals surface area contributed by atoms with E-state index in [-0.39, 0.29) is 5.69 Å². The highest BCUT2D eigenvalue weighted by Gasteiger charge is 2.13. The lowest BCUT2D eigenvalue weighted by molar-refractivity contribution is -0.384. The molecule has 0 aliphatic heterocycles. The lowest BCUT2D eigenvalue weighted by atomic mass is 10.2. The van der Waals surface area contributed by atoms with E-state index in [0.717, 1.165) is 29.8 Å². The van der Waals surface area contributed by atoms with Crippen LogP contribution in [0.15, 0.2) is 48.5 Å². The summed E-state index contributed by atoms with van der Waals surface area (Å²) >= 11 is 0. The molecule has 0 fully saturated rings. The number of nitrogens with zero attached hydrogens (tertiary/aromatic N) is 4. The third-order valence-corrected chi connectivity index (χ3v) is 3.96. The van der Waals surface area contributed by atoms with E-state index in [1.165, 1.54) is 12.1 Å². The normalized spacial score (nSPS) is 10.6. The molecule has 0 aliphatic rings. The Bertz CT molecular complexity index is 909. The number of para-hydroxylation sites is 1. The van der Waals surface area contributed by atoms with Gasteiger partial charge in [0.05, 0.1) is 10.4 Å². The van der Waals surface area contributed by atoms with Crippen LogP contribution in [-0.2, 0) is 0 Å². The minimum absolute atomic E-state index is 0.0229. The topological polar surface area (TPSA) is 84.2 Å². The summed E-state index contributed by atoms with van der Waals surface area (Å²) in [5, 5.41) is 15.0. The van der Waals surface area contributed by atoms with Gasteiger partial charge < -0.3 is 10.2 Å². The van der Waals surface area contributed by atoms with E-state index in [1.807, 2.05) is 24.3 Å². The number of benzene rings is 2. The fourth-order valence-electron chi connectivity index (χ4n) is 2.71. The minimum Gasteiger partial charge on any atom is -0.356 e. The molecular formula is C18H19N5O2. The van der Waals surface area contributed by atoms with Crippen molar-refractivity contribution in [1.29, 1.82) is 0 Å². The fraction of sp³-hybridized carbons (Fsp3) is 0.222. The van der Waals surface area contributed by atoms with Crippen LogP contribution in [0, 0.1) is 10.1 Å². The van der Waals surface area contributed by atoms with Crippen LogP contribution in [0.5, 0.6) is 0 Å². The van der Waals surface area contributed by atoms with Crippen LogP contribution in [0.2, 0.25) is 0 Å². The van der Waals surface area contributed by atoms with Crippen LogP contribution in [0.1, 0.15) is 13.8 Å². The Labute approximate surface area is 145 Å². The molecule has 0 unspecified atom stereocenters. The summed E-state index contributed by atoms with van der Waals surface area (Å²) in [4.78, 5) is 21.9. The van der Waals surface area contributed by atoms with Gasteiger partial charge in [-0.2, -0.15) is 4.98 Å². The number of nitrogens with one attached hydrogen (secondary N) is 1. The molecule has 2 aromatic carbocycles. The third kappa shape index (κ3) is 3.50.